The highest BCUT2D eigenvalue weighted by Crippen LogP contribution is 2.29. The summed E-state index contributed by atoms with van der Waals surface area (Å²) in [4.78, 5) is 17.4. The van der Waals surface area contributed by atoms with Crippen molar-refractivity contribution in [2.24, 2.45) is 0 Å². The van der Waals surface area contributed by atoms with Crippen molar-refractivity contribution < 1.29 is 13.9 Å². The standard InChI is InChI=1S/C22H22FN3O2/c1-15(28-20-11-5-3-9-17(20)23)22(27)25-18-10-4-2-8-16(18)19-14-26-13-7-6-12-21(26)24-19/h2-5,8-11,14-15H,6-7,12-13H2,1H3,(H,25,27)/t15-/m1/s1. The Bertz CT molecular complexity index is 975. The van der Waals surface area contributed by atoms with Gasteiger partial charge >= 0.3 is 0 Å². The van der Waals surface area contributed by atoms with E-state index in [0.717, 1.165) is 42.9 Å². The largest absolute Gasteiger partial charge is 0.478 e. The Labute approximate surface area is 163 Å². The second kappa shape index (κ2) is 7.84. The number of aromatic nitrogens is 2. The van der Waals surface area contributed by atoms with Gasteiger partial charge in [0.2, 0.25) is 0 Å². The SMILES string of the molecule is C[C@@H](Oc1ccccc1F)C(=O)Nc1ccccc1-c1cn2c(n1)CCCC2. The van der Waals surface area contributed by atoms with Crippen LogP contribution >= 0.6 is 0 Å². The monoisotopic (exact) mass is 379 g/mol. The van der Waals surface area contributed by atoms with Crippen LogP contribution in [0.15, 0.2) is 54.7 Å². The normalized spacial score (nSPS) is 14.2. The zero-order chi connectivity index (χ0) is 19.5. The number of halogens is 1. The van der Waals surface area contributed by atoms with Gasteiger partial charge in [0.1, 0.15) is 5.82 Å². The molecule has 0 saturated carbocycles. The maximum absolute atomic E-state index is 13.8. The molecule has 1 aromatic heterocycles. The first-order valence-electron chi connectivity index (χ1n) is 9.49. The van der Waals surface area contributed by atoms with Gasteiger partial charge in [-0.15, -0.1) is 0 Å². The van der Waals surface area contributed by atoms with E-state index in [1.807, 2.05) is 30.5 Å². The smallest absolute Gasteiger partial charge is 0.265 e. The number of rotatable bonds is 5. The zero-order valence-electron chi connectivity index (χ0n) is 15.7. The van der Waals surface area contributed by atoms with Crippen molar-refractivity contribution in [1.29, 1.82) is 0 Å². The van der Waals surface area contributed by atoms with Crippen LogP contribution in [-0.2, 0) is 17.8 Å². The van der Waals surface area contributed by atoms with Crippen LogP contribution in [0.3, 0.4) is 0 Å². The topological polar surface area (TPSA) is 56.1 Å². The molecule has 28 heavy (non-hydrogen) atoms. The summed E-state index contributed by atoms with van der Waals surface area (Å²) in [5.41, 5.74) is 2.36. The van der Waals surface area contributed by atoms with Crippen molar-refractivity contribution in [1.82, 2.24) is 9.55 Å². The fourth-order valence-corrected chi connectivity index (χ4v) is 3.38. The number of aryl methyl sites for hydroxylation is 2. The molecular formula is C22H22FN3O2. The number of carbonyl (C=O) groups excluding carboxylic acids is 1. The number of imidazole rings is 1. The molecule has 0 fully saturated rings. The minimum atomic E-state index is -0.847. The quantitative estimate of drug-likeness (QED) is 0.713. The number of hydrogen-bond donors (Lipinski definition) is 1. The number of ether oxygens (including phenoxy) is 1. The third kappa shape index (κ3) is 3.76. The van der Waals surface area contributed by atoms with Gasteiger partial charge in [-0.1, -0.05) is 30.3 Å². The molecule has 1 N–H and O–H groups in total. The Kier molecular flexibility index (Phi) is 5.10. The van der Waals surface area contributed by atoms with Crippen molar-refractivity contribution in [2.45, 2.75) is 38.8 Å². The van der Waals surface area contributed by atoms with Crippen LogP contribution < -0.4 is 10.1 Å². The minimum Gasteiger partial charge on any atom is -0.478 e. The molecule has 1 atom stereocenters. The third-order valence-electron chi connectivity index (χ3n) is 4.88. The van der Waals surface area contributed by atoms with Gasteiger partial charge in [-0.3, -0.25) is 4.79 Å². The Morgan fingerprint density at radius 1 is 1.18 bits per heavy atom. The number of hydrogen-bond acceptors (Lipinski definition) is 3. The van der Waals surface area contributed by atoms with E-state index in [4.69, 9.17) is 9.72 Å². The maximum Gasteiger partial charge on any atom is 0.265 e. The highest BCUT2D eigenvalue weighted by atomic mass is 19.1. The summed E-state index contributed by atoms with van der Waals surface area (Å²) in [7, 11) is 0. The summed E-state index contributed by atoms with van der Waals surface area (Å²) in [6, 6.07) is 13.6. The Balaban J connectivity index is 1.53. The van der Waals surface area contributed by atoms with Crippen molar-refractivity contribution in [2.75, 3.05) is 5.32 Å². The van der Waals surface area contributed by atoms with E-state index >= 15 is 0 Å². The molecule has 5 nitrogen and oxygen atoms in total. The number of nitrogens with zero attached hydrogens (tertiary/aromatic N) is 2. The maximum atomic E-state index is 13.8. The molecule has 1 aliphatic heterocycles. The third-order valence-corrected chi connectivity index (χ3v) is 4.88. The molecule has 0 radical (unpaired) electrons. The highest BCUT2D eigenvalue weighted by Gasteiger charge is 2.20. The lowest BCUT2D eigenvalue weighted by atomic mass is 10.1. The van der Waals surface area contributed by atoms with E-state index in [2.05, 4.69) is 9.88 Å². The molecule has 4 rings (SSSR count). The number of nitrogens with one attached hydrogen (secondary N) is 1. The Morgan fingerprint density at radius 2 is 1.96 bits per heavy atom. The van der Waals surface area contributed by atoms with Crippen LogP contribution in [-0.4, -0.2) is 21.6 Å². The van der Waals surface area contributed by atoms with Gasteiger partial charge in [-0.05, 0) is 38.0 Å². The van der Waals surface area contributed by atoms with Crippen LogP contribution in [0.5, 0.6) is 5.75 Å². The predicted molar refractivity (Wildman–Crippen MR) is 106 cm³/mol. The van der Waals surface area contributed by atoms with Crippen LogP contribution in [0.1, 0.15) is 25.6 Å². The molecule has 0 unspecified atom stereocenters. The summed E-state index contributed by atoms with van der Waals surface area (Å²) in [6.45, 7) is 2.57. The van der Waals surface area contributed by atoms with Crippen molar-refractivity contribution in [3.8, 4) is 17.0 Å². The average Bonchev–Trinajstić information content (AvgIpc) is 3.14. The highest BCUT2D eigenvalue weighted by molar-refractivity contribution is 5.97. The van der Waals surface area contributed by atoms with Crippen LogP contribution in [0.4, 0.5) is 10.1 Å². The Morgan fingerprint density at radius 3 is 2.79 bits per heavy atom. The molecular weight excluding hydrogens is 357 g/mol. The Hall–Kier alpha value is -3.15. The summed E-state index contributed by atoms with van der Waals surface area (Å²) in [6.07, 6.45) is 4.48. The average molecular weight is 379 g/mol. The molecule has 2 heterocycles. The van der Waals surface area contributed by atoms with Gasteiger partial charge in [0, 0.05) is 24.7 Å². The zero-order valence-corrected chi connectivity index (χ0v) is 15.7. The lowest BCUT2D eigenvalue weighted by Crippen LogP contribution is -2.30. The molecule has 0 spiro atoms. The number of anilines is 1. The molecule has 0 bridgehead atoms. The molecule has 0 saturated heterocycles. The van der Waals surface area contributed by atoms with Gasteiger partial charge in [0.05, 0.1) is 11.4 Å². The summed E-state index contributed by atoms with van der Waals surface area (Å²) in [5, 5.41) is 2.89. The first-order chi connectivity index (χ1) is 13.6. The molecule has 6 heteroatoms. The lowest BCUT2D eigenvalue weighted by Gasteiger charge is -2.16. The van der Waals surface area contributed by atoms with E-state index in [9.17, 15) is 9.18 Å². The van der Waals surface area contributed by atoms with Crippen molar-refractivity contribution >= 4 is 11.6 Å². The van der Waals surface area contributed by atoms with Crippen LogP contribution in [0.25, 0.3) is 11.3 Å². The first kappa shape index (κ1) is 18.2. The fraction of sp³-hybridized carbons (Fsp3) is 0.273. The van der Waals surface area contributed by atoms with E-state index < -0.39 is 11.9 Å². The summed E-state index contributed by atoms with van der Waals surface area (Å²) < 4.78 is 21.4. The minimum absolute atomic E-state index is 0.0558. The van der Waals surface area contributed by atoms with E-state index in [1.54, 1.807) is 19.1 Å². The van der Waals surface area contributed by atoms with Gasteiger partial charge in [-0.2, -0.15) is 0 Å². The van der Waals surface area contributed by atoms with Gasteiger partial charge in [-0.25, -0.2) is 9.37 Å². The van der Waals surface area contributed by atoms with Crippen LogP contribution in [0, 0.1) is 5.82 Å². The number of amides is 1. The lowest BCUT2D eigenvalue weighted by molar-refractivity contribution is -0.122. The number of carbonyl (C=O) groups is 1. The number of benzene rings is 2. The molecule has 1 aliphatic rings. The number of para-hydroxylation sites is 2. The number of fused-ring (bicyclic) bond motifs is 1. The molecule has 3 aromatic rings. The van der Waals surface area contributed by atoms with E-state index in [0.29, 0.717) is 5.69 Å². The van der Waals surface area contributed by atoms with Crippen LogP contribution in [0.2, 0.25) is 0 Å². The molecule has 0 aliphatic carbocycles. The molecule has 2 aromatic carbocycles. The first-order valence-corrected chi connectivity index (χ1v) is 9.49. The van der Waals surface area contributed by atoms with E-state index in [-0.39, 0.29) is 11.7 Å². The van der Waals surface area contributed by atoms with Crippen molar-refractivity contribution in [3.05, 3.63) is 66.4 Å². The fourth-order valence-electron chi connectivity index (χ4n) is 3.38. The molecule has 1 amide bonds. The van der Waals surface area contributed by atoms with Gasteiger partial charge in [0.15, 0.2) is 17.7 Å². The second-order valence-electron chi connectivity index (χ2n) is 6.92. The van der Waals surface area contributed by atoms with E-state index in [1.165, 1.54) is 12.1 Å². The molecule has 144 valence electrons. The van der Waals surface area contributed by atoms with Gasteiger partial charge < -0.3 is 14.6 Å². The second-order valence-corrected chi connectivity index (χ2v) is 6.92. The van der Waals surface area contributed by atoms with Crippen molar-refractivity contribution in [3.63, 3.8) is 0 Å². The summed E-state index contributed by atoms with van der Waals surface area (Å²) in [5.74, 6) is 0.296. The predicted octanol–water partition coefficient (Wildman–Crippen LogP) is 4.43. The summed E-state index contributed by atoms with van der Waals surface area (Å²) >= 11 is 0. The van der Waals surface area contributed by atoms with Gasteiger partial charge in [0.25, 0.3) is 5.91 Å².